The summed E-state index contributed by atoms with van der Waals surface area (Å²) in [6, 6.07) is 43.5. The molecular weight excluding hydrogens is 1340 g/mol. The maximum Gasteiger partial charge on any atom is 0.237 e. The number of rotatable bonds is 12. The molecule has 0 radical (unpaired) electrons. The Morgan fingerprint density at radius 2 is 0.624 bits per heavy atom. The van der Waals surface area contributed by atoms with E-state index < -0.39 is 123 Å². The van der Waals surface area contributed by atoms with Crippen LogP contribution in [0, 0.1) is 97.9 Å². The summed E-state index contributed by atoms with van der Waals surface area (Å²) in [4.78, 5) is 99.9. The molecule has 4 fully saturated rings. The number of anilines is 4. The second kappa shape index (κ2) is 33.9. The van der Waals surface area contributed by atoms with Gasteiger partial charge in [0.25, 0.3) is 0 Å². The lowest BCUT2D eigenvalue weighted by molar-refractivity contribution is -0.136. The molecule has 526 valence electrons. The number of hydrogen-bond acceptors (Lipinski definition) is 8. The summed E-state index contributed by atoms with van der Waals surface area (Å²) in [5, 5.41) is 20.0. The number of benzene rings is 8. The number of nitrogens with one attached hydrogen (secondary N) is 8. The van der Waals surface area contributed by atoms with Crippen LogP contribution in [0.1, 0.15) is 93.9 Å². The first-order valence-electron chi connectivity index (χ1n) is 32.4. The van der Waals surface area contributed by atoms with E-state index in [1.165, 1.54) is 36.4 Å². The summed E-state index contributed by atoms with van der Waals surface area (Å²) in [5.74, 6) is -19.2. The molecule has 8 amide bonds. The zero-order valence-electron chi connectivity index (χ0n) is 55.0. The predicted molar refractivity (Wildman–Crippen MR) is 365 cm³/mol. The summed E-state index contributed by atoms with van der Waals surface area (Å²) in [6.45, 7) is 9.61. The van der Waals surface area contributed by atoms with Crippen LogP contribution in [0.5, 0.6) is 0 Å². The summed E-state index contributed by atoms with van der Waals surface area (Å²) in [5.41, 5.74) is 6.59. The third-order valence-corrected chi connectivity index (χ3v) is 18.0. The first-order chi connectivity index (χ1) is 48.3. The van der Waals surface area contributed by atoms with E-state index in [2.05, 4.69) is 42.5 Å². The van der Waals surface area contributed by atoms with Gasteiger partial charge in [-0.2, -0.15) is 0 Å². The number of amides is 8. The molecule has 0 saturated carbocycles. The van der Waals surface area contributed by atoms with E-state index in [0.717, 1.165) is 62.7 Å². The summed E-state index contributed by atoms with van der Waals surface area (Å²) < 4.78 is 109. The van der Waals surface area contributed by atoms with Gasteiger partial charge in [0.1, 0.15) is 23.7 Å². The Kier molecular flexibility index (Phi) is 25.0. The first-order valence-corrected chi connectivity index (χ1v) is 32.7. The maximum absolute atomic E-state index is 14.1. The Morgan fingerprint density at radius 1 is 0.327 bits per heavy atom. The molecule has 8 atom stereocenters. The highest BCUT2D eigenvalue weighted by molar-refractivity contribution is 6.31. The number of piperidine rings is 4. The van der Waals surface area contributed by atoms with Gasteiger partial charge in [-0.15, -0.1) is 0 Å². The van der Waals surface area contributed by atoms with Crippen molar-refractivity contribution in [3.05, 3.63) is 260 Å². The Bertz CT molecular complexity index is 4300. The molecule has 101 heavy (non-hydrogen) atoms. The van der Waals surface area contributed by atoms with Gasteiger partial charge in [-0.1, -0.05) is 149 Å². The normalized spacial score (nSPS) is 20.0. The zero-order chi connectivity index (χ0) is 72.8. The SMILES string of the molecule is Cc1ccc([C@H]2CCNC(=O)[C@@H]2C(=O)Nc2cccc(F)c2F)cc1.Cc1cccc([C@H]2CCNC(=O)[C@@H]2C(=O)Nc2ccc(F)c(F)c2F)c1.Cc1cccc([C@H]2CCNC(=O)[C@@H]2C(=O)Nc2cccc(Cl)c2F)c1.Cc1cccc([C@H]2CCNC(=O)[C@@H]2C(=O)Nc2cccc(F)c2F)c1. The highest BCUT2D eigenvalue weighted by Gasteiger charge is 2.43. The van der Waals surface area contributed by atoms with Crippen molar-refractivity contribution in [2.24, 2.45) is 23.7 Å². The Morgan fingerprint density at radius 3 is 0.970 bits per heavy atom. The lowest BCUT2D eigenvalue weighted by atomic mass is 9.79. The van der Waals surface area contributed by atoms with Crippen molar-refractivity contribution in [1.82, 2.24) is 21.3 Å². The maximum atomic E-state index is 14.1. The second-order valence-corrected chi connectivity index (χ2v) is 25.2. The number of carbonyl (C=O) groups excluding carboxylic acids is 8. The van der Waals surface area contributed by atoms with Crippen LogP contribution in [0.25, 0.3) is 0 Å². The van der Waals surface area contributed by atoms with E-state index in [-0.39, 0.29) is 45.7 Å². The van der Waals surface area contributed by atoms with Gasteiger partial charge in [0, 0.05) is 49.9 Å². The second-order valence-electron chi connectivity index (χ2n) is 24.8. The quantitative estimate of drug-likeness (QED) is 0.0332. The average molecular weight is 1410 g/mol. The molecular formula is C76H71ClF8N8O8. The zero-order valence-corrected chi connectivity index (χ0v) is 55.8. The lowest BCUT2D eigenvalue weighted by Crippen LogP contribution is -2.46. The fourth-order valence-electron chi connectivity index (χ4n) is 12.7. The molecule has 4 heterocycles. The fourth-order valence-corrected chi connectivity index (χ4v) is 12.8. The van der Waals surface area contributed by atoms with Crippen LogP contribution < -0.4 is 42.5 Å². The van der Waals surface area contributed by atoms with Crippen molar-refractivity contribution >= 4 is 81.6 Å². The van der Waals surface area contributed by atoms with Gasteiger partial charge in [-0.25, -0.2) is 35.1 Å². The fraction of sp³-hybridized carbons (Fsp3) is 0.263. The van der Waals surface area contributed by atoms with E-state index in [1.807, 2.05) is 125 Å². The van der Waals surface area contributed by atoms with E-state index in [0.29, 0.717) is 57.9 Å². The Labute approximate surface area is 581 Å². The van der Waals surface area contributed by atoms with Gasteiger partial charge in [0.2, 0.25) is 47.3 Å². The van der Waals surface area contributed by atoms with Crippen molar-refractivity contribution in [3.63, 3.8) is 0 Å². The minimum Gasteiger partial charge on any atom is -0.355 e. The standard InChI is InChI=1S/C19H18ClFN2O2.C19H17F3N2O2.2C19H18F2N2O2/c1-11-4-2-5-12(10-11)13-8-9-22-18(24)16(13)19(25)23-15-7-3-6-14(20)17(15)21;1-10-3-2-4-11(9-10)12-7-8-23-18(25)15(12)19(26)24-14-6-5-13(20)16(21)17(14)22;1-11-4-2-5-12(10-11)13-8-9-22-18(24)16(13)19(25)23-15-7-3-6-14(20)17(15)21;1-11-5-7-12(8-6-11)13-9-10-22-18(24)16(13)19(25)23-15-4-2-3-14(20)17(15)21/h2-7,10,13,16H,8-9H2,1H3,(H,22,24)(H,23,25);2-6,9,12,15H,7-8H2,1H3,(H,23,25)(H,24,26);2-7,10,13,16H,8-9H2,1H3,(H,22,24)(H,23,25);2-8,13,16H,9-10H2,1H3,(H,22,24)(H,23,25)/t13-,16-;12-,15-;2*13-,16-/m1111/s1. The molecule has 4 aliphatic rings. The van der Waals surface area contributed by atoms with Crippen LogP contribution in [0.15, 0.2) is 164 Å². The Hall–Kier alpha value is -10.8. The van der Waals surface area contributed by atoms with E-state index in [9.17, 15) is 73.5 Å². The van der Waals surface area contributed by atoms with Gasteiger partial charge < -0.3 is 42.5 Å². The molecule has 0 unspecified atom stereocenters. The minimum absolute atomic E-state index is 0.0288. The molecule has 8 aromatic rings. The van der Waals surface area contributed by atoms with E-state index >= 15 is 0 Å². The number of carbonyl (C=O) groups is 8. The van der Waals surface area contributed by atoms with Crippen LogP contribution in [-0.4, -0.2) is 73.4 Å². The summed E-state index contributed by atoms with van der Waals surface area (Å²) in [6.07, 6.45) is 2.37. The summed E-state index contributed by atoms with van der Waals surface area (Å²) >= 11 is 5.75. The van der Waals surface area contributed by atoms with Crippen molar-refractivity contribution in [1.29, 1.82) is 0 Å². The molecule has 0 aliphatic carbocycles. The van der Waals surface area contributed by atoms with Gasteiger partial charge in [0.15, 0.2) is 46.5 Å². The third kappa shape index (κ3) is 18.4. The smallest absolute Gasteiger partial charge is 0.237 e. The van der Waals surface area contributed by atoms with Gasteiger partial charge in [-0.3, -0.25) is 38.4 Å². The average Bonchev–Trinajstić information content (AvgIpc) is 0.816. The Balaban J connectivity index is 0.000000157. The lowest BCUT2D eigenvalue weighted by Gasteiger charge is -2.30. The first kappa shape index (κ1) is 74.5. The molecule has 8 aromatic carbocycles. The van der Waals surface area contributed by atoms with Crippen molar-refractivity contribution in [2.75, 3.05) is 47.4 Å². The predicted octanol–water partition coefficient (Wildman–Crippen LogP) is 13.2. The van der Waals surface area contributed by atoms with Gasteiger partial charge >= 0.3 is 0 Å². The molecule has 8 N–H and O–H groups in total. The van der Waals surface area contributed by atoms with Crippen molar-refractivity contribution < 1.29 is 73.5 Å². The molecule has 16 nitrogen and oxygen atoms in total. The topological polar surface area (TPSA) is 233 Å². The highest BCUT2D eigenvalue weighted by Crippen LogP contribution is 2.38. The van der Waals surface area contributed by atoms with Gasteiger partial charge in [-0.05, 0) is 124 Å². The number of halogens is 9. The monoisotopic (exact) mass is 1410 g/mol. The van der Waals surface area contributed by atoms with Crippen LogP contribution in [0.3, 0.4) is 0 Å². The van der Waals surface area contributed by atoms with Crippen LogP contribution >= 0.6 is 11.6 Å². The molecule has 4 aliphatic heterocycles. The van der Waals surface area contributed by atoms with Crippen molar-refractivity contribution in [3.8, 4) is 0 Å². The molecule has 25 heteroatoms. The number of hydrogen-bond donors (Lipinski definition) is 8. The highest BCUT2D eigenvalue weighted by atomic mass is 35.5. The molecule has 0 spiro atoms. The van der Waals surface area contributed by atoms with Crippen LogP contribution in [0.4, 0.5) is 57.9 Å². The van der Waals surface area contributed by atoms with Crippen LogP contribution in [-0.2, 0) is 38.4 Å². The molecule has 0 bridgehead atoms. The largest absolute Gasteiger partial charge is 0.355 e. The number of aryl methyl sites for hydroxylation is 4. The molecule has 12 rings (SSSR count). The third-order valence-electron chi connectivity index (χ3n) is 17.7. The van der Waals surface area contributed by atoms with Crippen LogP contribution in [0.2, 0.25) is 5.02 Å². The van der Waals surface area contributed by atoms with Gasteiger partial charge in [0.05, 0.1) is 27.8 Å². The minimum atomic E-state index is -1.67. The summed E-state index contributed by atoms with van der Waals surface area (Å²) in [7, 11) is 0. The molecule has 4 saturated heterocycles. The van der Waals surface area contributed by atoms with Crippen molar-refractivity contribution in [2.45, 2.75) is 77.0 Å². The van der Waals surface area contributed by atoms with E-state index in [1.54, 1.807) is 6.07 Å². The van der Waals surface area contributed by atoms with E-state index in [4.69, 9.17) is 11.6 Å². The molecule has 0 aromatic heterocycles.